The number of nitrogens with two attached hydrogens (primary N) is 3. The Hall–Kier alpha value is -2.12. The van der Waals surface area contributed by atoms with Crippen molar-refractivity contribution in [2.45, 2.75) is 12.5 Å². The van der Waals surface area contributed by atoms with Crippen LogP contribution >= 0.6 is 11.6 Å². The normalized spacial score (nSPS) is 11.7. The largest absolute Gasteiger partial charge is 0.370 e. The summed E-state index contributed by atoms with van der Waals surface area (Å²) in [4.78, 5) is 33.2. The fourth-order valence-corrected chi connectivity index (χ4v) is 1.61. The fourth-order valence-electron chi connectivity index (χ4n) is 1.34. The molecule has 0 aliphatic carbocycles. The summed E-state index contributed by atoms with van der Waals surface area (Å²) in [6, 6.07) is 3.13. The van der Waals surface area contributed by atoms with Crippen molar-refractivity contribution in [1.82, 2.24) is 0 Å². The second-order valence-corrected chi connectivity index (χ2v) is 4.23. The van der Waals surface area contributed by atoms with Crippen LogP contribution in [-0.4, -0.2) is 23.8 Å². The van der Waals surface area contributed by atoms with Crippen molar-refractivity contribution in [1.29, 1.82) is 0 Å². The second kappa shape index (κ2) is 6.17. The van der Waals surface area contributed by atoms with Gasteiger partial charge in [0.2, 0.25) is 17.7 Å². The number of halogens is 1. The molecule has 0 aromatic heterocycles. The van der Waals surface area contributed by atoms with Gasteiger partial charge in [-0.05, 0) is 18.2 Å². The fraction of sp³-hybridized carbons (Fsp3) is 0.182. The first-order valence-electron chi connectivity index (χ1n) is 5.25. The number of amides is 3. The monoisotopic (exact) mass is 284 g/mol. The Morgan fingerprint density at radius 3 is 2.37 bits per heavy atom. The van der Waals surface area contributed by atoms with Crippen LogP contribution in [0, 0.1) is 0 Å². The Labute approximate surface area is 114 Å². The third-order valence-electron chi connectivity index (χ3n) is 2.26. The average molecular weight is 285 g/mol. The summed E-state index contributed by atoms with van der Waals surface area (Å²) in [6.45, 7) is 0. The van der Waals surface area contributed by atoms with E-state index in [2.05, 4.69) is 5.32 Å². The van der Waals surface area contributed by atoms with E-state index >= 15 is 0 Å². The van der Waals surface area contributed by atoms with Crippen LogP contribution in [0.5, 0.6) is 0 Å². The molecule has 1 aromatic carbocycles. The van der Waals surface area contributed by atoms with Crippen molar-refractivity contribution < 1.29 is 14.4 Å². The van der Waals surface area contributed by atoms with E-state index < -0.39 is 23.8 Å². The molecule has 0 radical (unpaired) electrons. The van der Waals surface area contributed by atoms with Gasteiger partial charge in [0.15, 0.2) is 0 Å². The standard InChI is InChI=1S/C11H13ClN4O3/c12-7-3-5(1-2-6(7)10(15)18)16-11(19)8(13)4-9(14)17/h1-3,8H,4,13H2,(H2,14,17)(H2,15,18)(H,16,19). The van der Waals surface area contributed by atoms with Crippen molar-refractivity contribution >= 4 is 35.0 Å². The van der Waals surface area contributed by atoms with Gasteiger partial charge in [0.05, 0.1) is 23.0 Å². The van der Waals surface area contributed by atoms with Crippen LogP contribution in [0.25, 0.3) is 0 Å². The molecule has 0 saturated carbocycles. The van der Waals surface area contributed by atoms with E-state index in [1.165, 1.54) is 18.2 Å². The third-order valence-corrected chi connectivity index (χ3v) is 2.57. The molecule has 0 fully saturated rings. The number of nitrogens with one attached hydrogen (secondary N) is 1. The van der Waals surface area contributed by atoms with Gasteiger partial charge in [-0.1, -0.05) is 11.6 Å². The molecule has 8 heteroatoms. The first kappa shape index (κ1) is 14.9. The second-order valence-electron chi connectivity index (χ2n) is 3.83. The number of anilines is 1. The van der Waals surface area contributed by atoms with Crippen molar-refractivity contribution in [3.8, 4) is 0 Å². The van der Waals surface area contributed by atoms with Gasteiger partial charge in [0.25, 0.3) is 0 Å². The first-order valence-corrected chi connectivity index (χ1v) is 5.63. The molecule has 1 aromatic rings. The van der Waals surface area contributed by atoms with E-state index in [1.54, 1.807) is 0 Å². The van der Waals surface area contributed by atoms with Crippen molar-refractivity contribution in [3.63, 3.8) is 0 Å². The van der Waals surface area contributed by atoms with Crippen LogP contribution in [0.1, 0.15) is 16.8 Å². The van der Waals surface area contributed by atoms with E-state index in [1.807, 2.05) is 0 Å². The lowest BCUT2D eigenvalue weighted by Gasteiger charge is -2.11. The van der Waals surface area contributed by atoms with Gasteiger partial charge in [-0.15, -0.1) is 0 Å². The summed E-state index contributed by atoms with van der Waals surface area (Å²) in [5.74, 6) is -1.93. The maximum atomic E-state index is 11.6. The molecule has 7 nitrogen and oxygen atoms in total. The number of rotatable bonds is 5. The average Bonchev–Trinajstić information content (AvgIpc) is 2.27. The predicted molar refractivity (Wildman–Crippen MR) is 70.4 cm³/mol. The van der Waals surface area contributed by atoms with Crippen molar-refractivity contribution in [2.75, 3.05) is 5.32 Å². The summed E-state index contributed by atoms with van der Waals surface area (Å²) >= 11 is 5.81. The van der Waals surface area contributed by atoms with Gasteiger partial charge in [-0.25, -0.2) is 0 Å². The predicted octanol–water partition coefficient (Wildman–Crippen LogP) is -0.420. The highest BCUT2D eigenvalue weighted by atomic mass is 35.5. The smallest absolute Gasteiger partial charge is 0.250 e. The van der Waals surface area contributed by atoms with E-state index in [-0.39, 0.29) is 17.0 Å². The molecular weight excluding hydrogens is 272 g/mol. The lowest BCUT2D eigenvalue weighted by atomic mass is 10.1. The number of hydrogen-bond acceptors (Lipinski definition) is 4. The lowest BCUT2D eigenvalue weighted by Crippen LogP contribution is -2.39. The molecular formula is C11H13ClN4O3. The summed E-state index contributed by atoms with van der Waals surface area (Å²) < 4.78 is 0. The Bertz CT molecular complexity index is 533. The quantitative estimate of drug-likeness (QED) is 0.582. The van der Waals surface area contributed by atoms with Crippen LogP contribution < -0.4 is 22.5 Å². The number of primary amides is 2. The Kier molecular flexibility index (Phi) is 4.85. The van der Waals surface area contributed by atoms with Gasteiger partial charge in [-0.3, -0.25) is 14.4 Å². The highest BCUT2D eigenvalue weighted by Crippen LogP contribution is 2.20. The summed E-state index contributed by atoms with van der Waals surface area (Å²) in [7, 11) is 0. The maximum Gasteiger partial charge on any atom is 0.250 e. The number of benzene rings is 1. The number of carbonyl (C=O) groups excluding carboxylic acids is 3. The van der Waals surface area contributed by atoms with Crippen molar-refractivity contribution in [2.24, 2.45) is 17.2 Å². The molecule has 1 rings (SSSR count). The van der Waals surface area contributed by atoms with Crippen molar-refractivity contribution in [3.05, 3.63) is 28.8 Å². The maximum absolute atomic E-state index is 11.6. The van der Waals surface area contributed by atoms with Crippen LogP contribution in [0.2, 0.25) is 5.02 Å². The highest BCUT2D eigenvalue weighted by Gasteiger charge is 2.16. The zero-order chi connectivity index (χ0) is 14.6. The van der Waals surface area contributed by atoms with Crippen LogP contribution in [0.15, 0.2) is 18.2 Å². The Morgan fingerprint density at radius 1 is 1.26 bits per heavy atom. The first-order chi connectivity index (χ1) is 8.81. The number of carbonyl (C=O) groups is 3. The van der Waals surface area contributed by atoms with Gasteiger partial charge in [0.1, 0.15) is 0 Å². The molecule has 0 heterocycles. The topological polar surface area (TPSA) is 141 Å². The zero-order valence-corrected chi connectivity index (χ0v) is 10.6. The van der Waals surface area contributed by atoms with E-state index in [0.29, 0.717) is 5.69 Å². The molecule has 1 unspecified atom stereocenters. The van der Waals surface area contributed by atoms with Crippen LogP contribution in [-0.2, 0) is 9.59 Å². The highest BCUT2D eigenvalue weighted by molar-refractivity contribution is 6.34. The molecule has 0 aliphatic rings. The van der Waals surface area contributed by atoms with E-state index in [4.69, 9.17) is 28.8 Å². The lowest BCUT2D eigenvalue weighted by molar-refractivity contribution is -0.123. The van der Waals surface area contributed by atoms with Crippen LogP contribution in [0.3, 0.4) is 0 Å². The Balaban J connectivity index is 2.78. The third kappa shape index (κ3) is 4.23. The molecule has 0 spiro atoms. The minimum Gasteiger partial charge on any atom is -0.370 e. The van der Waals surface area contributed by atoms with Gasteiger partial charge >= 0.3 is 0 Å². The van der Waals surface area contributed by atoms with E-state index in [0.717, 1.165) is 0 Å². The van der Waals surface area contributed by atoms with Gasteiger partial charge < -0.3 is 22.5 Å². The molecule has 3 amide bonds. The Morgan fingerprint density at radius 2 is 1.89 bits per heavy atom. The summed E-state index contributed by atoms with van der Waals surface area (Å²) in [6.07, 6.45) is -0.265. The van der Waals surface area contributed by atoms with Gasteiger partial charge in [-0.2, -0.15) is 0 Å². The molecule has 102 valence electrons. The number of hydrogen-bond donors (Lipinski definition) is 4. The molecule has 0 aliphatic heterocycles. The van der Waals surface area contributed by atoms with Crippen LogP contribution in [0.4, 0.5) is 5.69 Å². The molecule has 19 heavy (non-hydrogen) atoms. The van der Waals surface area contributed by atoms with E-state index in [9.17, 15) is 14.4 Å². The molecule has 1 atom stereocenters. The summed E-state index contributed by atoms with van der Waals surface area (Å²) in [5, 5.41) is 2.55. The van der Waals surface area contributed by atoms with Gasteiger partial charge in [0, 0.05) is 5.69 Å². The minimum absolute atomic E-state index is 0.105. The SMILES string of the molecule is NC(=O)CC(N)C(=O)Nc1ccc(C(N)=O)c(Cl)c1. The summed E-state index contributed by atoms with van der Waals surface area (Å²) in [5.41, 5.74) is 16.0. The molecule has 7 N–H and O–H groups in total. The minimum atomic E-state index is -1.05. The molecule has 0 bridgehead atoms. The molecule has 0 saturated heterocycles. The zero-order valence-electron chi connectivity index (χ0n) is 9.85.